The summed E-state index contributed by atoms with van der Waals surface area (Å²) in [6.45, 7) is 0.444. The summed E-state index contributed by atoms with van der Waals surface area (Å²) in [7, 11) is 1.59. The Balaban J connectivity index is 1.74. The molecule has 1 aromatic carbocycles. The maximum Gasteiger partial charge on any atom is 0.269 e. The summed E-state index contributed by atoms with van der Waals surface area (Å²) in [4.78, 5) is 24.8. The third-order valence-electron chi connectivity index (χ3n) is 4.19. The number of ether oxygens (including phenoxy) is 1. The van der Waals surface area contributed by atoms with Crippen LogP contribution in [0.2, 0.25) is 0 Å². The second-order valence-electron chi connectivity index (χ2n) is 5.83. The van der Waals surface area contributed by atoms with Gasteiger partial charge in [-0.15, -0.1) is 0 Å². The van der Waals surface area contributed by atoms with E-state index in [9.17, 15) is 4.79 Å². The van der Waals surface area contributed by atoms with Gasteiger partial charge in [0.05, 0.1) is 37.1 Å². The quantitative estimate of drug-likeness (QED) is 0.569. The largest absolute Gasteiger partial charge is 0.481 e. The molecule has 0 amide bonds. The zero-order valence-electron chi connectivity index (χ0n) is 14.2. The van der Waals surface area contributed by atoms with Gasteiger partial charge in [-0.3, -0.25) is 14.3 Å². The number of hydrogen-bond donors (Lipinski definition) is 0. The van der Waals surface area contributed by atoms with Crippen LogP contribution in [0.15, 0.2) is 72.0 Å². The van der Waals surface area contributed by atoms with Gasteiger partial charge in [-0.1, -0.05) is 18.2 Å². The fraction of sp³-hybridized carbons (Fsp3) is 0.100. The molecule has 0 bridgehead atoms. The lowest BCUT2D eigenvalue weighted by Crippen LogP contribution is -2.21. The minimum Gasteiger partial charge on any atom is -0.481 e. The van der Waals surface area contributed by atoms with Gasteiger partial charge in [0.25, 0.3) is 5.56 Å². The Kier molecular flexibility index (Phi) is 4.15. The molecule has 0 saturated carbocycles. The Labute approximate surface area is 149 Å². The summed E-state index contributed by atoms with van der Waals surface area (Å²) in [6.07, 6.45) is 6.40. The molecule has 0 N–H and O–H groups in total. The molecular formula is C20H16N4O2. The molecule has 0 saturated heterocycles. The van der Waals surface area contributed by atoms with Gasteiger partial charge in [-0.2, -0.15) is 0 Å². The molecule has 4 rings (SSSR count). The first-order valence-corrected chi connectivity index (χ1v) is 8.13. The van der Waals surface area contributed by atoms with E-state index in [2.05, 4.69) is 21.0 Å². The number of rotatable bonds is 4. The zero-order chi connectivity index (χ0) is 17.9. The van der Waals surface area contributed by atoms with Crippen LogP contribution in [0.4, 0.5) is 0 Å². The van der Waals surface area contributed by atoms with Crippen molar-refractivity contribution in [3.63, 3.8) is 0 Å². The molecule has 3 heterocycles. The normalized spacial score (nSPS) is 10.8. The maximum absolute atomic E-state index is 12.3. The van der Waals surface area contributed by atoms with Crippen molar-refractivity contribution in [1.29, 1.82) is 0 Å². The maximum atomic E-state index is 12.3. The van der Waals surface area contributed by atoms with Crippen LogP contribution in [0.1, 0.15) is 5.56 Å². The molecule has 6 heteroatoms. The van der Waals surface area contributed by atoms with Crippen LogP contribution in [0.3, 0.4) is 0 Å². The summed E-state index contributed by atoms with van der Waals surface area (Å²) in [5.41, 5.74) is 4.36. The third-order valence-corrected chi connectivity index (χ3v) is 4.19. The lowest BCUT2D eigenvalue weighted by Gasteiger charge is -2.11. The summed E-state index contributed by atoms with van der Waals surface area (Å²) < 4.78 is 6.88. The summed E-state index contributed by atoms with van der Waals surface area (Å²) in [6, 6.07) is 13.7. The lowest BCUT2D eigenvalue weighted by molar-refractivity contribution is 0.398. The molecule has 0 spiro atoms. The smallest absolute Gasteiger partial charge is 0.269 e. The van der Waals surface area contributed by atoms with E-state index in [4.69, 9.17) is 4.74 Å². The second-order valence-corrected chi connectivity index (χ2v) is 5.83. The number of fused-ring (bicyclic) bond motifs is 1. The van der Waals surface area contributed by atoms with Crippen molar-refractivity contribution in [2.24, 2.45) is 0 Å². The Hall–Kier alpha value is -3.54. The van der Waals surface area contributed by atoms with Crippen LogP contribution in [-0.4, -0.2) is 26.6 Å². The molecule has 0 aliphatic carbocycles. The Morgan fingerprint density at radius 3 is 2.77 bits per heavy atom. The van der Waals surface area contributed by atoms with E-state index in [1.54, 1.807) is 36.3 Å². The fourth-order valence-corrected chi connectivity index (χ4v) is 2.90. The van der Waals surface area contributed by atoms with Crippen molar-refractivity contribution in [2.45, 2.75) is 6.54 Å². The standard InChI is InChI=1S/C20H16N4O2/c1-26-19-10-16(5-8-22-19)15-4-2-3-14(9-15)13-24-18-11-21-7-6-17(18)23-12-20(24)25/h2-12H,13H2,1H3. The van der Waals surface area contributed by atoms with E-state index in [0.29, 0.717) is 12.4 Å². The van der Waals surface area contributed by atoms with Crippen LogP contribution < -0.4 is 10.3 Å². The first-order valence-electron chi connectivity index (χ1n) is 8.13. The van der Waals surface area contributed by atoms with Crippen LogP contribution >= 0.6 is 0 Å². The number of benzene rings is 1. The first-order chi connectivity index (χ1) is 12.7. The van der Waals surface area contributed by atoms with E-state index in [1.807, 2.05) is 30.3 Å². The molecule has 3 aromatic heterocycles. The third kappa shape index (κ3) is 3.04. The van der Waals surface area contributed by atoms with Gasteiger partial charge >= 0.3 is 0 Å². The molecule has 0 fully saturated rings. The van der Waals surface area contributed by atoms with Crippen LogP contribution in [0.25, 0.3) is 22.2 Å². The molecule has 128 valence electrons. The molecule has 0 unspecified atom stereocenters. The molecule has 26 heavy (non-hydrogen) atoms. The number of methoxy groups -OCH3 is 1. The first kappa shape index (κ1) is 16.0. The highest BCUT2D eigenvalue weighted by Gasteiger charge is 2.07. The van der Waals surface area contributed by atoms with Gasteiger partial charge in [0.15, 0.2) is 0 Å². The van der Waals surface area contributed by atoms with Gasteiger partial charge in [-0.05, 0) is 34.9 Å². The van der Waals surface area contributed by atoms with Crippen LogP contribution in [0, 0.1) is 0 Å². The predicted octanol–water partition coefficient (Wildman–Crippen LogP) is 2.91. The highest BCUT2D eigenvalue weighted by molar-refractivity contribution is 5.73. The van der Waals surface area contributed by atoms with E-state index < -0.39 is 0 Å². The number of aromatic nitrogens is 4. The Morgan fingerprint density at radius 2 is 1.88 bits per heavy atom. The number of nitrogens with zero attached hydrogens (tertiary/aromatic N) is 4. The van der Waals surface area contributed by atoms with E-state index in [0.717, 1.165) is 27.7 Å². The van der Waals surface area contributed by atoms with Gasteiger partial charge < -0.3 is 4.74 Å². The number of pyridine rings is 2. The van der Waals surface area contributed by atoms with E-state index >= 15 is 0 Å². The lowest BCUT2D eigenvalue weighted by atomic mass is 10.0. The summed E-state index contributed by atoms with van der Waals surface area (Å²) in [5, 5.41) is 0. The highest BCUT2D eigenvalue weighted by Crippen LogP contribution is 2.23. The molecular weight excluding hydrogens is 328 g/mol. The van der Waals surface area contributed by atoms with E-state index in [1.165, 1.54) is 6.20 Å². The topological polar surface area (TPSA) is 69.9 Å². The minimum absolute atomic E-state index is 0.151. The fourth-order valence-electron chi connectivity index (χ4n) is 2.90. The summed E-state index contributed by atoms with van der Waals surface area (Å²) in [5.74, 6) is 0.565. The van der Waals surface area contributed by atoms with Gasteiger partial charge in [-0.25, -0.2) is 9.97 Å². The predicted molar refractivity (Wildman–Crippen MR) is 99.1 cm³/mol. The molecule has 0 atom stereocenters. The average Bonchev–Trinajstić information content (AvgIpc) is 2.70. The average molecular weight is 344 g/mol. The van der Waals surface area contributed by atoms with Gasteiger partial charge in [0, 0.05) is 18.5 Å². The number of hydrogen-bond acceptors (Lipinski definition) is 5. The highest BCUT2D eigenvalue weighted by atomic mass is 16.5. The monoisotopic (exact) mass is 344 g/mol. The van der Waals surface area contributed by atoms with Crippen molar-refractivity contribution in [3.8, 4) is 17.0 Å². The molecule has 4 aromatic rings. The SMILES string of the molecule is COc1cc(-c2cccc(Cn3c(=O)cnc4ccncc43)c2)ccn1. The summed E-state index contributed by atoms with van der Waals surface area (Å²) >= 11 is 0. The Morgan fingerprint density at radius 1 is 1.00 bits per heavy atom. The van der Waals surface area contributed by atoms with Gasteiger partial charge in [0.2, 0.25) is 5.88 Å². The van der Waals surface area contributed by atoms with E-state index in [-0.39, 0.29) is 5.56 Å². The Bertz CT molecular complexity index is 1140. The molecule has 0 radical (unpaired) electrons. The zero-order valence-corrected chi connectivity index (χ0v) is 14.2. The van der Waals surface area contributed by atoms with Crippen molar-refractivity contribution >= 4 is 11.0 Å². The van der Waals surface area contributed by atoms with Gasteiger partial charge in [0.1, 0.15) is 0 Å². The molecule has 0 aliphatic heterocycles. The van der Waals surface area contributed by atoms with Crippen molar-refractivity contribution < 1.29 is 4.74 Å². The van der Waals surface area contributed by atoms with Crippen molar-refractivity contribution in [1.82, 2.24) is 19.5 Å². The molecule has 0 aliphatic rings. The van der Waals surface area contributed by atoms with Crippen molar-refractivity contribution in [3.05, 3.63) is 83.2 Å². The van der Waals surface area contributed by atoms with Crippen molar-refractivity contribution in [2.75, 3.05) is 7.11 Å². The second kappa shape index (κ2) is 6.76. The van der Waals surface area contributed by atoms with Crippen LogP contribution in [-0.2, 0) is 6.54 Å². The van der Waals surface area contributed by atoms with Crippen LogP contribution in [0.5, 0.6) is 5.88 Å². The molecule has 6 nitrogen and oxygen atoms in total. The minimum atomic E-state index is -0.151.